The zero-order chi connectivity index (χ0) is 39.6. The van der Waals surface area contributed by atoms with Gasteiger partial charge in [-0.05, 0) is 124 Å². The summed E-state index contributed by atoms with van der Waals surface area (Å²) in [6, 6.07) is 45.8. The van der Waals surface area contributed by atoms with Crippen LogP contribution < -0.4 is 36.6 Å². The van der Waals surface area contributed by atoms with Crippen LogP contribution in [0.3, 0.4) is 0 Å². The minimum Gasteiger partial charge on any atom is -0.311 e. The molecule has 5 heterocycles. The molecule has 0 spiro atoms. The van der Waals surface area contributed by atoms with Crippen molar-refractivity contribution in [2.45, 2.75) is 72.4 Å². The Kier molecular flexibility index (Phi) is 7.76. The Hall–Kier alpha value is -5.72. The molecule has 280 valence electrons. The summed E-state index contributed by atoms with van der Waals surface area (Å²) >= 11 is 0. The normalized spacial score (nSPS) is 14.8. The number of hydrogen-bond acceptors (Lipinski definition) is 4. The van der Waals surface area contributed by atoms with Crippen molar-refractivity contribution < 1.29 is 0 Å². The molecule has 0 bridgehead atoms. The van der Waals surface area contributed by atoms with E-state index in [0.717, 1.165) is 33.9 Å². The van der Waals surface area contributed by atoms with Gasteiger partial charge >= 0.3 is 0 Å². The lowest BCUT2D eigenvalue weighted by Crippen LogP contribution is -2.79. The molecule has 0 atom stereocenters. The van der Waals surface area contributed by atoms with Gasteiger partial charge in [-0.1, -0.05) is 114 Å². The first-order valence-electron chi connectivity index (χ1n) is 20.4. The molecule has 0 unspecified atom stereocenters. The topological polar surface area (TPSA) is 32.3 Å². The summed E-state index contributed by atoms with van der Waals surface area (Å²) in [7, 11) is -2.18. The van der Waals surface area contributed by atoms with Crippen molar-refractivity contribution >= 4 is 75.7 Å². The van der Waals surface area contributed by atoms with Crippen molar-refractivity contribution in [3.8, 4) is 22.5 Å². The Bertz CT molecular complexity index is 2580. The molecule has 0 aliphatic carbocycles. The largest absolute Gasteiger partial charge is 0.311 e. The molecule has 3 aliphatic heterocycles. The zero-order valence-electron chi connectivity index (χ0n) is 34.6. The molecule has 57 heavy (non-hydrogen) atoms. The van der Waals surface area contributed by atoms with Crippen LogP contribution in [0.4, 0.5) is 34.1 Å². The number of anilines is 6. The van der Waals surface area contributed by atoms with E-state index in [4.69, 9.17) is 9.97 Å². The predicted molar refractivity (Wildman–Crippen MR) is 246 cm³/mol. The minimum atomic E-state index is -2.18. The molecule has 10 rings (SSSR count). The highest BCUT2D eigenvalue weighted by Gasteiger charge is 2.52. The fourth-order valence-electron chi connectivity index (χ4n) is 9.82. The van der Waals surface area contributed by atoms with Gasteiger partial charge in [0.1, 0.15) is 8.07 Å². The molecule has 0 radical (unpaired) electrons. The molecule has 0 saturated carbocycles. The lowest BCUT2D eigenvalue weighted by molar-refractivity contribution is 0.590. The van der Waals surface area contributed by atoms with Crippen LogP contribution in [0.25, 0.3) is 22.5 Å². The van der Waals surface area contributed by atoms with Gasteiger partial charge in [0.05, 0.1) is 22.8 Å². The summed E-state index contributed by atoms with van der Waals surface area (Å²) < 4.78 is 0. The second-order valence-corrected chi connectivity index (χ2v) is 23.1. The maximum absolute atomic E-state index is 4.98. The van der Waals surface area contributed by atoms with Crippen molar-refractivity contribution in [2.24, 2.45) is 0 Å². The summed E-state index contributed by atoms with van der Waals surface area (Å²) in [5, 5.41) is 3.05. The molecule has 4 nitrogen and oxygen atoms in total. The van der Waals surface area contributed by atoms with Gasteiger partial charge in [0.25, 0.3) is 6.71 Å². The summed E-state index contributed by atoms with van der Waals surface area (Å²) in [6.45, 7) is 21.2. The number of hydrogen-bond donors (Lipinski definition) is 0. The number of aryl methyl sites for hydroxylation is 1. The molecule has 0 fully saturated rings. The van der Waals surface area contributed by atoms with Crippen LogP contribution in [-0.2, 0) is 10.8 Å². The number of aromatic nitrogens is 2. The van der Waals surface area contributed by atoms with Gasteiger partial charge in [0.2, 0.25) is 0 Å². The highest BCUT2D eigenvalue weighted by Crippen LogP contribution is 2.49. The average Bonchev–Trinajstić information content (AvgIpc) is 3.19. The van der Waals surface area contributed by atoms with Crippen LogP contribution in [0, 0.1) is 6.92 Å². The number of benzene rings is 5. The van der Waals surface area contributed by atoms with E-state index in [1.54, 1.807) is 0 Å². The van der Waals surface area contributed by atoms with Gasteiger partial charge in [0.15, 0.2) is 0 Å². The summed E-state index contributed by atoms with van der Waals surface area (Å²) in [6.07, 6.45) is 3.84. The van der Waals surface area contributed by atoms with Gasteiger partial charge in [-0.2, -0.15) is 0 Å². The van der Waals surface area contributed by atoms with Crippen molar-refractivity contribution in [1.82, 2.24) is 9.97 Å². The van der Waals surface area contributed by atoms with E-state index in [2.05, 4.69) is 181 Å². The molecular weight excluding hydrogens is 707 g/mol. The maximum Gasteiger partial charge on any atom is 0.251 e. The third kappa shape index (κ3) is 5.33. The third-order valence-corrected chi connectivity index (χ3v) is 16.3. The fourth-order valence-corrected chi connectivity index (χ4v) is 13.0. The molecule has 0 N–H and O–H groups in total. The van der Waals surface area contributed by atoms with E-state index >= 15 is 0 Å². The fraction of sp³-hybridized carbons (Fsp3) is 0.216. The van der Waals surface area contributed by atoms with E-state index < -0.39 is 8.07 Å². The zero-order valence-corrected chi connectivity index (χ0v) is 35.6. The van der Waals surface area contributed by atoms with Crippen LogP contribution in [0.2, 0.25) is 13.1 Å². The van der Waals surface area contributed by atoms with Gasteiger partial charge in [-0.3, -0.25) is 9.97 Å². The van der Waals surface area contributed by atoms with Crippen LogP contribution in [0.15, 0.2) is 134 Å². The predicted octanol–water partition coefficient (Wildman–Crippen LogP) is 9.93. The monoisotopic (exact) mass is 756 g/mol. The van der Waals surface area contributed by atoms with Crippen LogP contribution in [-0.4, -0.2) is 24.8 Å². The van der Waals surface area contributed by atoms with Crippen molar-refractivity contribution in [3.05, 3.63) is 150 Å². The standard InChI is InChI=1S/C51H49BN4Si/c1-32-28-43-47-44(29-32)56(40-25-23-34(51(5,6)7)31-36(40)38-17-11-13-27-54-38)42-19-15-21-46-49(42)52(47)48-41(18-14-20-45(48)57(46,8)9)55(43)39-24-22-33(50(2,3)4)30-35(39)37-16-10-12-26-53-37/h10-31H,1-9H3. The molecule has 3 aliphatic rings. The molecule has 0 saturated heterocycles. The van der Waals surface area contributed by atoms with Crippen LogP contribution >= 0.6 is 0 Å². The molecule has 0 amide bonds. The first-order valence-corrected chi connectivity index (χ1v) is 23.4. The highest BCUT2D eigenvalue weighted by atomic mass is 28.3. The smallest absolute Gasteiger partial charge is 0.251 e. The van der Waals surface area contributed by atoms with Crippen LogP contribution in [0.1, 0.15) is 58.2 Å². The van der Waals surface area contributed by atoms with Crippen molar-refractivity contribution in [2.75, 3.05) is 9.80 Å². The molecule has 6 heteroatoms. The molecule has 7 aromatic rings. The lowest BCUT2D eigenvalue weighted by Gasteiger charge is -2.50. The van der Waals surface area contributed by atoms with E-state index in [0.29, 0.717) is 0 Å². The SMILES string of the molecule is Cc1cc2c3c(c1)N(c1ccc(C(C)(C)C)cc1-c1ccccn1)c1cccc4c1B3c1c(cccc1[Si]4(C)C)N2c1ccc(C(C)(C)C)cc1-c1ccccn1. The molecule has 5 aromatic carbocycles. The number of nitrogens with zero attached hydrogens (tertiary/aromatic N) is 4. The first kappa shape index (κ1) is 35.7. The maximum atomic E-state index is 4.98. The van der Waals surface area contributed by atoms with E-state index in [1.165, 1.54) is 66.2 Å². The molecular formula is C51H49BN4Si. The van der Waals surface area contributed by atoms with Crippen molar-refractivity contribution in [3.63, 3.8) is 0 Å². The Morgan fingerprint density at radius 1 is 0.474 bits per heavy atom. The summed E-state index contributed by atoms with van der Waals surface area (Å²) in [5.41, 5.74) is 19.6. The first-order chi connectivity index (χ1) is 27.2. The minimum absolute atomic E-state index is 0.0203. The number of rotatable bonds is 4. The Morgan fingerprint density at radius 3 is 1.33 bits per heavy atom. The Morgan fingerprint density at radius 2 is 0.930 bits per heavy atom. The van der Waals surface area contributed by atoms with Gasteiger partial charge < -0.3 is 9.80 Å². The van der Waals surface area contributed by atoms with E-state index in [9.17, 15) is 0 Å². The highest BCUT2D eigenvalue weighted by molar-refractivity contribution is 7.16. The van der Waals surface area contributed by atoms with Gasteiger partial charge in [-0.25, -0.2) is 0 Å². The van der Waals surface area contributed by atoms with Crippen LogP contribution in [0.5, 0.6) is 0 Å². The second kappa shape index (κ2) is 12.4. The summed E-state index contributed by atoms with van der Waals surface area (Å²) in [4.78, 5) is 15.1. The second-order valence-electron chi connectivity index (χ2n) is 18.8. The quantitative estimate of drug-likeness (QED) is 0.168. The van der Waals surface area contributed by atoms with Gasteiger partial charge in [-0.15, -0.1) is 0 Å². The van der Waals surface area contributed by atoms with Gasteiger partial charge in [0, 0.05) is 46.3 Å². The summed E-state index contributed by atoms with van der Waals surface area (Å²) in [5.74, 6) is 0. The lowest BCUT2D eigenvalue weighted by atomic mass is 9.33. The average molecular weight is 757 g/mol. The van der Waals surface area contributed by atoms with E-state index in [1.807, 2.05) is 24.5 Å². The Labute approximate surface area is 339 Å². The number of pyridine rings is 2. The molecule has 2 aromatic heterocycles. The third-order valence-electron chi connectivity index (χ3n) is 12.7. The van der Waals surface area contributed by atoms with E-state index in [-0.39, 0.29) is 17.5 Å². The Balaban J connectivity index is 1.33. The van der Waals surface area contributed by atoms with Crippen molar-refractivity contribution in [1.29, 1.82) is 0 Å².